The molecule has 0 aromatic heterocycles. The van der Waals surface area contributed by atoms with Gasteiger partial charge < -0.3 is 9.66 Å². The SMILES string of the molecule is O=C(O)c1cc(SC(F)(F)F)ccc1N(N1CCS(=O)(=O)CC1)S(=O)[O-]. The Hall–Kier alpha value is -1.35. The van der Waals surface area contributed by atoms with E-state index in [0.717, 1.165) is 23.2 Å². The van der Waals surface area contributed by atoms with Gasteiger partial charge in [-0.2, -0.15) is 13.2 Å². The molecule has 0 bridgehead atoms. The van der Waals surface area contributed by atoms with Crippen molar-refractivity contribution >= 4 is 44.5 Å². The minimum Gasteiger partial charge on any atom is -0.754 e. The van der Waals surface area contributed by atoms with Crippen molar-refractivity contribution < 1.29 is 40.3 Å². The topological polar surface area (TPSA) is 118 Å². The zero-order chi connectivity index (χ0) is 19.7. The zero-order valence-corrected chi connectivity index (χ0v) is 15.3. The monoisotopic (exact) mass is 433 g/mol. The van der Waals surface area contributed by atoms with Gasteiger partial charge in [-0.05, 0) is 30.0 Å². The molecule has 1 aromatic carbocycles. The fourth-order valence-electron chi connectivity index (χ4n) is 2.26. The Balaban J connectivity index is 2.42. The van der Waals surface area contributed by atoms with Gasteiger partial charge in [-0.3, -0.25) is 4.21 Å². The molecule has 0 amide bonds. The highest BCUT2D eigenvalue weighted by molar-refractivity contribution is 8.00. The predicted molar refractivity (Wildman–Crippen MR) is 86.9 cm³/mol. The molecule has 0 spiro atoms. The van der Waals surface area contributed by atoms with Crippen LogP contribution in [0.1, 0.15) is 10.4 Å². The molecule has 1 unspecified atom stereocenters. The molecule has 1 atom stereocenters. The van der Waals surface area contributed by atoms with Crippen LogP contribution in [0.15, 0.2) is 23.1 Å². The number of hydrogen-bond acceptors (Lipinski definition) is 7. The van der Waals surface area contributed by atoms with Crippen LogP contribution in [-0.2, 0) is 21.1 Å². The van der Waals surface area contributed by atoms with Crippen molar-refractivity contribution in [3.8, 4) is 0 Å². The molecule has 0 radical (unpaired) electrons. The maximum Gasteiger partial charge on any atom is 0.446 e. The Labute approximate surface area is 153 Å². The number of benzene rings is 1. The molecule has 0 aliphatic carbocycles. The largest absolute Gasteiger partial charge is 0.754 e. The fraction of sp³-hybridized carbons (Fsp3) is 0.417. The van der Waals surface area contributed by atoms with Crippen molar-refractivity contribution in [3.05, 3.63) is 23.8 Å². The molecule has 1 N–H and O–H groups in total. The van der Waals surface area contributed by atoms with Crippen LogP contribution in [0.25, 0.3) is 0 Å². The lowest BCUT2D eigenvalue weighted by Crippen LogP contribution is -2.51. The lowest BCUT2D eigenvalue weighted by atomic mass is 10.2. The number of aromatic carboxylic acids is 1. The number of thioether (sulfide) groups is 1. The van der Waals surface area contributed by atoms with E-state index in [1.807, 2.05) is 0 Å². The Kier molecular flexibility index (Phi) is 6.22. The van der Waals surface area contributed by atoms with Gasteiger partial charge in [0, 0.05) is 18.0 Å². The summed E-state index contributed by atoms with van der Waals surface area (Å²) in [6.45, 7) is -0.400. The first-order valence-electron chi connectivity index (χ1n) is 6.87. The number of carboxylic acid groups (broad SMARTS) is 1. The van der Waals surface area contributed by atoms with Crippen molar-refractivity contribution in [2.45, 2.75) is 10.4 Å². The molecule has 0 saturated carbocycles. The number of rotatable bonds is 5. The van der Waals surface area contributed by atoms with Gasteiger partial charge in [0.25, 0.3) is 0 Å². The molecule has 14 heteroatoms. The second kappa shape index (κ2) is 7.72. The van der Waals surface area contributed by atoms with E-state index in [1.54, 1.807) is 0 Å². The number of sulfone groups is 1. The highest BCUT2D eigenvalue weighted by Crippen LogP contribution is 2.39. The number of alkyl halides is 3. The van der Waals surface area contributed by atoms with E-state index in [-0.39, 0.29) is 30.3 Å². The number of carboxylic acids is 1. The van der Waals surface area contributed by atoms with Crippen molar-refractivity contribution in [1.29, 1.82) is 0 Å². The smallest absolute Gasteiger partial charge is 0.446 e. The van der Waals surface area contributed by atoms with Gasteiger partial charge in [0.1, 0.15) is 0 Å². The number of halogens is 3. The summed E-state index contributed by atoms with van der Waals surface area (Å²) < 4.78 is 84.1. The van der Waals surface area contributed by atoms with E-state index in [1.165, 1.54) is 0 Å². The summed E-state index contributed by atoms with van der Waals surface area (Å²) in [5.74, 6) is -2.28. The number of anilines is 1. The molecule has 1 aromatic rings. The number of hydrogen-bond donors (Lipinski definition) is 1. The average Bonchev–Trinajstić information content (AvgIpc) is 2.48. The summed E-state index contributed by atoms with van der Waals surface area (Å²) in [5.41, 5.74) is -5.67. The quantitative estimate of drug-likeness (QED) is 0.544. The summed E-state index contributed by atoms with van der Waals surface area (Å²) in [6.07, 6.45) is 0. The van der Waals surface area contributed by atoms with Gasteiger partial charge in [0.15, 0.2) is 9.84 Å². The van der Waals surface area contributed by atoms with E-state index < -0.39 is 54.8 Å². The number of hydrazine groups is 1. The third kappa shape index (κ3) is 5.33. The predicted octanol–water partition coefficient (Wildman–Crippen LogP) is 1.24. The fourth-order valence-corrected chi connectivity index (χ4v) is 4.70. The summed E-state index contributed by atoms with van der Waals surface area (Å²) in [6, 6.07) is 2.60. The Morgan fingerprint density at radius 3 is 2.35 bits per heavy atom. The normalized spacial score (nSPS) is 19.1. The van der Waals surface area contributed by atoms with Crippen LogP contribution in [0.2, 0.25) is 0 Å². The van der Waals surface area contributed by atoms with Gasteiger partial charge in [-0.25, -0.2) is 22.6 Å². The molecule has 1 fully saturated rings. The summed E-state index contributed by atoms with van der Waals surface area (Å²) >= 11 is -3.54. The van der Waals surface area contributed by atoms with Gasteiger partial charge in [-0.15, -0.1) is 0 Å². The first-order valence-corrected chi connectivity index (χ1v) is 10.5. The molecular formula is C12H12F3N2O6S3-. The molecule has 26 heavy (non-hydrogen) atoms. The third-order valence-electron chi connectivity index (χ3n) is 3.36. The summed E-state index contributed by atoms with van der Waals surface area (Å²) in [5, 5.41) is 10.4. The van der Waals surface area contributed by atoms with Crippen LogP contribution in [-0.4, -0.2) is 63.4 Å². The molecular weight excluding hydrogens is 421 g/mol. The molecule has 1 saturated heterocycles. The van der Waals surface area contributed by atoms with Crippen molar-refractivity contribution in [2.75, 3.05) is 29.0 Å². The molecule has 2 rings (SSSR count). The van der Waals surface area contributed by atoms with E-state index in [9.17, 15) is 40.3 Å². The summed E-state index contributed by atoms with van der Waals surface area (Å²) in [4.78, 5) is 11.0. The minimum absolute atomic E-state index is 0.200. The second-order valence-electron chi connectivity index (χ2n) is 5.13. The van der Waals surface area contributed by atoms with Gasteiger partial charge >= 0.3 is 11.5 Å². The van der Waals surface area contributed by atoms with Crippen molar-refractivity contribution in [3.63, 3.8) is 0 Å². The van der Waals surface area contributed by atoms with Crippen molar-refractivity contribution in [2.24, 2.45) is 0 Å². The molecule has 1 aliphatic heterocycles. The van der Waals surface area contributed by atoms with Crippen LogP contribution in [0.5, 0.6) is 0 Å². The Morgan fingerprint density at radius 1 is 1.31 bits per heavy atom. The van der Waals surface area contributed by atoms with Crippen LogP contribution in [0, 0.1) is 0 Å². The molecule has 1 heterocycles. The number of nitrogens with zero attached hydrogens (tertiary/aromatic N) is 2. The van der Waals surface area contributed by atoms with Crippen LogP contribution < -0.4 is 4.41 Å². The second-order valence-corrected chi connectivity index (χ2v) is 9.35. The van der Waals surface area contributed by atoms with Gasteiger partial charge in [-0.1, -0.05) is 0 Å². The van der Waals surface area contributed by atoms with E-state index in [4.69, 9.17) is 0 Å². The van der Waals surface area contributed by atoms with Crippen LogP contribution in [0.3, 0.4) is 0 Å². The zero-order valence-electron chi connectivity index (χ0n) is 12.8. The standard InChI is InChI=1S/C12H13F3N2O6S3/c13-12(14,15)24-8-1-2-10(9(7-8)11(18)19)17(25(20)21)16-3-5-26(22,23)6-4-16/h1-2,7H,3-6H2,(H,18,19)(H,20,21)/p-1. The first-order chi connectivity index (χ1) is 11.9. The Morgan fingerprint density at radius 2 is 1.88 bits per heavy atom. The van der Waals surface area contributed by atoms with Gasteiger partial charge in [0.05, 0.1) is 34.0 Å². The number of carbonyl (C=O) groups is 1. The molecule has 8 nitrogen and oxygen atoms in total. The van der Waals surface area contributed by atoms with Crippen LogP contribution >= 0.6 is 11.8 Å². The maximum atomic E-state index is 12.5. The molecule has 1 aliphatic rings. The summed E-state index contributed by atoms with van der Waals surface area (Å²) in [7, 11) is -3.32. The van der Waals surface area contributed by atoms with E-state index in [0.29, 0.717) is 4.41 Å². The highest BCUT2D eigenvalue weighted by atomic mass is 32.2. The lowest BCUT2D eigenvalue weighted by molar-refractivity contribution is -0.0328. The minimum atomic E-state index is -4.64. The molecule has 146 valence electrons. The van der Waals surface area contributed by atoms with Gasteiger partial charge in [0.2, 0.25) is 0 Å². The van der Waals surface area contributed by atoms with E-state index >= 15 is 0 Å². The highest BCUT2D eigenvalue weighted by Gasteiger charge is 2.32. The lowest BCUT2D eigenvalue weighted by Gasteiger charge is -2.39. The maximum absolute atomic E-state index is 12.5. The van der Waals surface area contributed by atoms with Crippen LogP contribution in [0.4, 0.5) is 18.9 Å². The third-order valence-corrected chi connectivity index (χ3v) is 6.40. The van der Waals surface area contributed by atoms with Crippen molar-refractivity contribution in [1.82, 2.24) is 5.01 Å². The first kappa shape index (κ1) is 21.0. The Bertz CT molecular complexity index is 816. The average molecular weight is 433 g/mol. The van der Waals surface area contributed by atoms with E-state index in [2.05, 4.69) is 0 Å².